The SMILES string of the molecule is CC.CC1=CC(Cl)CC(Cl)=C1. The standard InChI is InChI=1S/C7H8Cl2.C2H6/c1-5-2-6(8)4-7(9)3-5;1-2/h2-3,6H,4H2,1H3;1-2H3. The second-order valence-corrected chi connectivity index (χ2v) is 3.27. The van der Waals surface area contributed by atoms with Crippen molar-refractivity contribution < 1.29 is 0 Å². The van der Waals surface area contributed by atoms with Crippen LogP contribution in [0.2, 0.25) is 0 Å². The summed E-state index contributed by atoms with van der Waals surface area (Å²) in [5, 5.41) is 0.956. The topological polar surface area (TPSA) is 0 Å². The molecule has 1 rings (SSSR count). The van der Waals surface area contributed by atoms with Gasteiger partial charge in [0.05, 0.1) is 5.38 Å². The van der Waals surface area contributed by atoms with Crippen molar-refractivity contribution in [1.82, 2.24) is 0 Å². The van der Waals surface area contributed by atoms with Crippen LogP contribution in [0.1, 0.15) is 27.2 Å². The van der Waals surface area contributed by atoms with Crippen LogP contribution in [0.5, 0.6) is 0 Å². The van der Waals surface area contributed by atoms with Gasteiger partial charge in [-0.3, -0.25) is 0 Å². The van der Waals surface area contributed by atoms with E-state index in [1.165, 1.54) is 0 Å². The van der Waals surface area contributed by atoms with Crippen LogP contribution >= 0.6 is 23.2 Å². The number of allylic oxidation sites excluding steroid dienone is 4. The molecular formula is C9H14Cl2. The normalized spacial score (nSPS) is 22.8. The molecule has 0 nitrogen and oxygen atoms in total. The van der Waals surface area contributed by atoms with E-state index in [-0.39, 0.29) is 5.38 Å². The first kappa shape index (κ1) is 11.1. The highest BCUT2D eigenvalue weighted by molar-refractivity contribution is 6.31. The van der Waals surface area contributed by atoms with E-state index in [1.807, 2.05) is 32.9 Å². The fourth-order valence-electron chi connectivity index (χ4n) is 0.885. The molecule has 0 aliphatic heterocycles. The van der Waals surface area contributed by atoms with Crippen LogP contribution in [0, 0.1) is 0 Å². The summed E-state index contributed by atoms with van der Waals surface area (Å²) >= 11 is 11.5. The first-order chi connectivity index (χ1) is 5.18. The van der Waals surface area contributed by atoms with Crippen LogP contribution in [0.15, 0.2) is 22.8 Å². The molecule has 0 radical (unpaired) electrons. The van der Waals surface area contributed by atoms with Crippen LogP contribution in [-0.2, 0) is 0 Å². The smallest absolute Gasteiger partial charge is 0.0570 e. The molecule has 0 saturated heterocycles. The van der Waals surface area contributed by atoms with E-state index in [2.05, 4.69) is 0 Å². The molecule has 64 valence electrons. The van der Waals surface area contributed by atoms with E-state index >= 15 is 0 Å². The molecule has 2 heteroatoms. The van der Waals surface area contributed by atoms with Gasteiger partial charge in [0.2, 0.25) is 0 Å². The first-order valence-corrected chi connectivity index (χ1v) is 4.68. The van der Waals surface area contributed by atoms with Crippen molar-refractivity contribution in [2.75, 3.05) is 0 Å². The molecule has 0 saturated carbocycles. The van der Waals surface area contributed by atoms with Crippen molar-refractivity contribution in [2.45, 2.75) is 32.6 Å². The van der Waals surface area contributed by atoms with Gasteiger partial charge < -0.3 is 0 Å². The molecule has 0 bridgehead atoms. The predicted molar refractivity (Wildman–Crippen MR) is 53.3 cm³/mol. The zero-order valence-corrected chi connectivity index (χ0v) is 8.71. The molecule has 1 atom stereocenters. The molecule has 1 aliphatic rings. The highest BCUT2D eigenvalue weighted by Crippen LogP contribution is 2.23. The lowest BCUT2D eigenvalue weighted by Crippen LogP contribution is -1.98. The number of rotatable bonds is 0. The summed E-state index contributed by atoms with van der Waals surface area (Å²) < 4.78 is 0. The van der Waals surface area contributed by atoms with Crippen molar-refractivity contribution in [3.8, 4) is 0 Å². The second kappa shape index (κ2) is 5.68. The maximum absolute atomic E-state index is 5.80. The van der Waals surface area contributed by atoms with Crippen molar-refractivity contribution in [3.63, 3.8) is 0 Å². The Balaban J connectivity index is 0.000000461. The Hall–Kier alpha value is 0.0600. The molecule has 0 heterocycles. The Morgan fingerprint density at radius 2 is 2.00 bits per heavy atom. The van der Waals surface area contributed by atoms with Crippen molar-refractivity contribution in [1.29, 1.82) is 0 Å². The van der Waals surface area contributed by atoms with Crippen molar-refractivity contribution >= 4 is 23.2 Å². The maximum Gasteiger partial charge on any atom is 0.0570 e. The summed E-state index contributed by atoms with van der Waals surface area (Å²) in [6.07, 6.45) is 4.73. The molecule has 0 amide bonds. The van der Waals surface area contributed by atoms with Crippen LogP contribution in [0.25, 0.3) is 0 Å². The summed E-state index contributed by atoms with van der Waals surface area (Å²) in [5.74, 6) is 0. The minimum absolute atomic E-state index is 0.0995. The van der Waals surface area contributed by atoms with Gasteiger partial charge in [-0.05, 0) is 13.0 Å². The van der Waals surface area contributed by atoms with Crippen molar-refractivity contribution in [3.05, 3.63) is 22.8 Å². The van der Waals surface area contributed by atoms with E-state index in [1.54, 1.807) is 0 Å². The molecular weight excluding hydrogens is 179 g/mol. The zero-order chi connectivity index (χ0) is 8.85. The Kier molecular flexibility index (Phi) is 5.71. The Bertz CT molecular complexity index is 168. The lowest BCUT2D eigenvalue weighted by molar-refractivity contribution is 1.01. The predicted octanol–water partition coefficient (Wildman–Crippen LogP) is 4.09. The first-order valence-electron chi connectivity index (χ1n) is 3.87. The third kappa shape index (κ3) is 4.49. The van der Waals surface area contributed by atoms with Crippen LogP contribution in [-0.4, -0.2) is 5.38 Å². The van der Waals surface area contributed by atoms with Crippen LogP contribution < -0.4 is 0 Å². The van der Waals surface area contributed by atoms with Crippen LogP contribution in [0.4, 0.5) is 0 Å². The number of hydrogen-bond donors (Lipinski definition) is 0. The van der Waals surface area contributed by atoms with Gasteiger partial charge in [-0.2, -0.15) is 0 Å². The minimum atomic E-state index is 0.0995. The molecule has 0 aromatic carbocycles. The monoisotopic (exact) mass is 192 g/mol. The van der Waals surface area contributed by atoms with Gasteiger partial charge in [0.1, 0.15) is 0 Å². The average Bonchev–Trinajstić information content (AvgIpc) is 1.88. The second-order valence-electron chi connectivity index (χ2n) is 2.22. The third-order valence-corrected chi connectivity index (χ3v) is 1.76. The average molecular weight is 193 g/mol. The number of alkyl halides is 1. The van der Waals surface area contributed by atoms with E-state index in [4.69, 9.17) is 23.2 Å². The van der Waals surface area contributed by atoms with E-state index < -0.39 is 0 Å². The molecule has 0 aromatic heterocycles. The summed E-state index contributed by atoms with van der Waals surface area (Å²) in [6, 6.07) is 0. The third-order valence-electron chi connectivity index (χ3n) is 1.22. The lowest BCUT2D eigenvalue weighted by atomic mass is 10.1. The highest BCUT2D eigenvalue weighted by Gasteiger charge is 2.07. The van der Waals surface area contributed by atoms with Gasteiger partial charge in [0, 0.05) is 11.5 Å². The fraction of sp³-hybridized carbons (Fsp3) is 0.556. The van der Waals surface area contributed by atoms with Gasteiger partial charge in [0.25, 0.3) is 0 Å². The Morgan fingerprint density at radius 1 is 1.45 bits per heavy atom. The lowest BCUT2D eigenvalue weighted by Gasteiger charge is -2.09. The molecule has 1 unspecified atom stereocenters. The van der Waals surface area contributed by atoms with E-state index in [0.29, 0.717) is 0 Å². The largest absolute Gasteiger partial charge is 0.118 e. The summed E-state index contributed by atoms with van der Waals surface area (Å²) in [5.41, 5.74) is 1.16. The molecule has 0 fully saturated rings. The van der Waals surface area contributed by atoms with Gasteiger partial charge >= 0.3 is 0 Å². The summed E-state index contributed by atoms with van der Waals surface area (Å²) in [6.45, 7) is 6.00. The quantitative estimate of drug-likeness (QED) is 0.508. The van der Waals surface area contributed by atoms with Gasteiger partial charge in [-0.25, -0.2) is 0 Å². The zero-order valence-electron chi connectivity index (χ0n) is 7.20. The van der Waals surface area contributed by atoms with E-state index in [0.717, 1.165) is 17.0 Å². The summed E-state index contributed by atoms with van der Waals surface area (Å²) in [4.78, 5) is 0. The number of halogens is 2. The van der Waals surface area contributed by atoms with Gasteiger partial charge in [-0.15, -0.1) is 11.6 Å². The molecule has 0 N–H and O–H groups in total. The van der Waals surface area contributed by atoms with Crippen molar-refractivity contribution in [2.24, 2.45) is 0 Å². The molecule has 0 spiro atoms. The molecule has 11 heavy (non-hydrogen) atoms. The fourth-order valence-corrected chi connectivity index (χ4v) is 1.67. The minimum Gasteiger partial charge on any atom is -0.118 e. The molecule has 0 aromatic rings. The summed E-state index contributed by atoms with van der Waals surface area (Å²) in [7, 11) is 0. The Labute approximate surface area is 78.9 Å². The van der Waals surface area contributed by atoms with E-state index in [9.17, 15) is 0 Å². The van der Waals surface area contributed by atoms with Gasteiger partial charge in [0.15, 0.2) is 0 Å². The van der Waals surface area contributed by atoms with Crippen LogP contribution in [0.3, 0.4) is 0 Å². The number of hydrogen-bond acceptors (Lipinski definition) is 0. The Morgan fingerprint density at radius 3 is 2.36 bits per heavy atom. The highest BCUT2D eigenvalue weighted by atomic mass is 35.5. The molecule has 1 aliphatic carbocycles. The maximum atomic E-state index is 5.80. The van der Waals surface area contributed by atoms with Gasteiger partial charge in [-0.1, -0.05) is 37.1 Å².